The number of hydrogen-bond donors (Lipinski definition) is 1. The monoisotopic (exact) mass is 279 g/mol. The van der Waals surface area contributed by atoms with E-state index in [1.54, 1.807) is 0 Å². The van der Waals surface area contributed by atoms with Crippen LogP contribution in [0.4, 0.5) is 0 Å². The van der Waals surface area contributed by atoms with Gasteiger partial charge in [-0.3, -0.25) is 4.79 Å². The molecule has 0 amide bonds. The summed E-state index contributed by atoms with van der Waals surface area (Å²) < 4.78 is 0. The molecule has 1 aliphatic heterocycles. The van der Waals surface area contributed by atoms with Crippen molar-refractivity contribution in [2.45, 2.75) is 18.7 Å². The molecule has 0 saturated carbocycles. The van der Waals surface area contributed by atoms with Crippen LogP contribution >= 0.6 is 11.8 Å². The molecule has 0 radical (unpaired) electrons. The number of carbonyl (C=O) groups is 1. The number of carboxylic acid groups (broad SMARTS) is 1. The number of nitrogens with zero attached hydrogens (tertiary/aromatic N) is 1. The van der Waals surface area contributed by atoms with Crippen molar-refractivity contribution in [2.24, 2.45) is 11.8 Å². The first-order valence-corrected chi connectivity index (χ1v) is 7.69. The number of aliphatic carboxylic acids is 1. The van der Waals surface area contributed by atoms with Crippen LogP contribution in [-0.4, -0.2) is 41.4 Å². The lowest BCUT2D eigenvalue weighted by atomic mass is 9.99. The average molecular weight is 279 g/mol. The number of aryl methyl sites for hydroxylation is 1. The van der Waals surface area contributed by atoms with Gasteiger partial charge < -0.3 is 10.0 Å². The predicted molar refractivity (Wildman–Crippen MR) is 78.6 cm³/mol. The van der Waals surface area contributed by atoms with Crippen LogP contribution in [0.3, 0.4) is 0 Å². The van der Waals surface area contributed by atoms with Gasteiger partial charge in [0.25, 0.3) is 0 Å². The number of benzene rings is 1. The fraction of sp³-hybridized carbons (Fsp3) is 0.533. The Kier molecular flexibility index (Phi) is 4.88. The van der Waals surface area contributed by atoms with E-state index in [1.807, 2.05) is 18.7 Å². The van der Waals surface area contributed by atoms with Gasteiger partial charge in [0.05, 0.1) is 5.92 Å². The van der Waals surface area contributed by atoms with Crippen molar-refractivity contribution in [1.29, 1.82) is 0 Å². The molecule has 1 N–H and O–H groups in total. The quantitative estimate of drug-likeness (QED) is 0.841. The van der Waals surface area contributed by atoms with Gasteiger partial charge in [-0.2, -0.15) is 0 Å². The summed E-state index contributed by atoms with van der Waals surface area (Å²) in [6, 6.07) is 8.54. The van der Waals surface area contributed by atoms with Crippen molar-refractivity contribution in [3.63, 3.8) is 0 Å². The third-order valence-corrected chi connectivity index (χ3v) is 4.69. The van der Waals surface area contributed by atoms with Gasteiger partial charge in [-0.15, -0.1) is 11.8 Å². The second kappa shape index (κ2) is 6.44. The van der Waals surface area contributed by atoms with Crippen molar-refractivity contribution in [3.8, 4) is 0 Å². The Balaban J connectivity index is 1.75. The van der Waals surface area contributed by atoms with Crippen molar-refractivity contribution >= 4 is 17.7 Å². The molecule has 2 rings (SSSR count). The summed E-state index contributed by atoms with van der Waals surface area (Å²) in [5, 5.41) is 9.10. The van der Waals surface area contributed by atoms with Gasteiger partial charge in [0, 0.05) is 30.3 Å². The highest BCUT2D eigenvalue weighted by Gasteiger charge is 2.34. The topological polar surface area (TPSA) is 40.5 Å². The molecule has 1 saturated heterocycles. The Morgan fingerprint density at radius 1 is 1.37 bits per heavy atom. The molecule has 1 heterocycles. The van der Waals surface area contributed by atoms with E-state index in [-0.39, 0.29) is 11.8 Å². The lowest BCUT2D eigenvalue weighted by molar-refractivity contribution is -0.142. The van der Waals surface area contributed by atoms with Crippen molar-refractivity contribution in [1.82, 2.24) is 4.90 Å². The number of hydrogen-bond acceptors (Lipinski definition) is 3. The van der Waals surface area contributed by atoms with Crippen LogP contribution in [0, 0.1) is 18.8 Å². The second-order valence-electron chi connectivity index (χ2n) is 5.34. The zero-order valence-corrected chi connectivity index (χ0v) is 12.3. The highest BCUT2D eigenvalue weighted by atomic mass is 32.2. The summed E-state index contributed by atoms with van der Waals surface area (Å²) in [5.41, 5.74) is 1.28. The van der Waals surface area contributed by atoms with Gasteiger partial charge in [0.2, 0.25) is 0 Å². The van der Waals surface area contributed by atoms with Gasteiger partial charge >= 0.3 is 5.97 Å². The molecule has 0 aromatic heterocycles. The Labute approximate surface area is 119 Å². The molecule has 1 aliphatic rings. The molecule has 1 fully saturated rings. The predicted octanol–water partition coefficient (Wildman–Crippen LogP) is 2.74. The van der Waals surface area contributed by atoms with Crippen LogP contribution in [-0.2, 0) is 4.79 Å². The molecular formula is C15H21NO2S. The third kappa shape index (κ3) is 3.98. The van der Waals surface area contributed by atoms with Crippen LogP contribution < -0.4 is 0 Å². The van der Waals surface area contributed by atoms with Gasteiger partial charge in [-0.05, 0) is 25.0 Å². The van der Waals surface area contributed by atoms with Crippen molar-refractivity contribution in [3.05, 3.63) is 29.8 Å². The largest absolute Gasteiger partial charge is 0.481 e. The summed E-state index contributed by atoms with van der Waals surface area (Å²) in [4.78, 5) is 14.6. The van der Waals surface area contributed by atoms with Crippen LogP contribution in [0.5, 0.6) is 0 Å². The zero-order chi connectivity index (χ0) is 13.8. The maximum Gasteiger partial charge on any atom is 0.308 e. The van der Waals surface area contributed by atoms with E-state index < -0.39 is 5.97 Å². The summed E-state index contributed by atoms with van der Waals surface area (Å²) in [6.45, 7) is 6.70. The van der Waals surface area contributed by atoms with Gasteiger partial charge in [0.1, 0.15) is 0 Å². The Morgan fingerprint density at radius 2 is 2.05 bits per heavy atom. The summed E-state index contributed by atoms with van der Waals surface area (Å²) in [7, 11) is 0. The van der Waals surface area contributed by atoms with Gasteiger partial charge in [-0.25, -0.2) is 0 Å². The third-order valence-electron chi connectivity index (χ3n) is 3.70. The highest BCUT2D eigenvalue weighted by molar-refractivity contribution is 7.99. The summed E-state index contributed by atoms with van der Waals surface area (Å²) >= 11 is 1.84. The zero-order valence-electron chi connectivity index (χ0n) is 11.5. The van der Waals surface area contributed by atoms with Crippen molar-refractivity contribution < 1.29 is 9.90 Å². The minimum absolute atomic E-state index is 0.190. The average Bonchev–Trinajstić information content (AvgIpc) is 2.73. The van der Waals surface area contributed by atoms with E-state index in [0.717, 1.165) is 18.8 Å². The molecule has 4 heteroatoms. The molecular weight excluding hydrogens is 258 g/mol. The molecule has 2 atom stereocenters. The molecule has 104 valence electrons. The van der Waals surface area contributed by atoms with E-state index in [4.69, 9.17) is 5.11 Å². The minimum Gasteiger partial charge on any atom is -0.481 e. The molecule has 1 aromatic rings. The minimum atomic E-state index is -0.652. The van der Waals surface area contributed by atoms with Crippen molar-refractivity contribution in [2.75, 3.05) is 25.4 Å². The van der Waals surface area contributed by atoms with Gasteiger partial charge in [-0.1, -0.05) is 24.6 Å². The fourth-order valence-corrected chi connectivity index (χ4v) is 3.41. The van der Waals surface area contributed by atoms with Crippen LogP contribution in [0.1, 0.15) is 12.5 Å². The SMILES string of the molecule is Cc1ccc(SCCN2CC(C)C(C(=O)O)C2)cc1. The molecule has 2 unspecified atom stereocenters. The standard InChI is InChI=1S/C15H21NO2S/c1-11-3-5-13(6-4-11)19-8-7-16-9-12(2)14(10-16)15(17)18/h3-6,12,14H,7-10H2,1-2H3,(H,17,18). The maximum atomic E-state index is 11.1. The van der Waals surface area contributed by atoms with E-state index in [9.17, 15) is 4.79 Å². The van der Waals surface area contributed by atoms with Crippen LogP contribution in [0.2, 0.25) is 0 Å². The Bertz CT molecular complexity index is 432. The molecule has 19 heavy (non-hydrogen) atoms. The molecule has 0 aliphatic carbocycles. The van der Waals surface area contributed by atoms with E-state index in [0.29, 0.717) is 6.54 Å². The first-order valence-electron chi connectivity index (χ1n) is 6.71. The molecule has 1 aromatic carbocycles. The number of likely N-dealkylation sites (tertiary alicyclic amines) is 1. The van der Waals surface area contributed by atoms with E-state index in [1.165, 1.54) is 10.5 Å². The number of carboxylic acids is 1. The highest BCUT2D eigenvalue weighted by Crippen LogP contribution is 2.24. The summed E-state index contributed by atoms with van der Waals surface area (Å²) in [6.07, 6.45) is 0. The fourth-order valence-electron chi connectivity index (χ4n) is 2.50. The number of thioether (sulfide) groups is 1. The lowest BCUT2D eigenvalue weighted by Crippen LogP contribution is -2.25. The normalized spacial score (nSPS) is 23.7. The molecule has 0 spiro atoms. The van der Waals surface area contributed by atoms with Crippen LogP contribution in [0.25, 0.3) is 0 Å². The Morgan fingerprint density at radius 3 is 2.63 bits per heavy atom. The van der Waals surface area contributed by atoms with Crippen LogP contribution in [0.15, 0.2) is 29.2 Å². The van der Waals surface area contributed by atoms with Gasteiger partial charge in [0.15, 0.2) is 0 Å². The van der Waals surface area contributed by atoms with E-state index in [2.05, 4.69) is 36.1 Å². The molecule has 0 bridgehead atoms. The maximum absolute atomic E-state index is 11.1. The summed E-state index contributed by atoms with van der Waals surface area (Å²) in [5.74, 6) is 0.440. The first kappa shape index (κ1) is 14.4. The smallest absolute Gasteiger partial charge is 0.308 e. The lowest BCUT2D eigenvalue weighted by Gasteiger charge is -2.14. The molecule has 3 nitrogen and oxygen atoms in total. The Hall–Kier alpha value is -1.00. The first-order chi connectivity index (χ1) is 9.06. The van der Waals surface area contributed by atoms with E-state index >= 15 is 0 Å². The second-order valence-corrected chi connectivity index (χ2v) is 6.51. The number of rotatable bonds is 5.